The highest BCUT2D eigenvalue weighted by molar-refractivity contribution is 5.94. The lowest BCUT2D eigenvalue weighted by atomic mass is 10.1. The van der Waals surface area contributed by atoms with E-state index in [0.717, 1.165) is 16.5 Å². The number of rotatable bonds is 6. The van der Waals surface area contributed by atoms with Crippen molar-refractivity contribution in [2.24, 2.45) is 0 Å². The number of para-hydroxylation sites is 3. The summed E-state index contributed by atoms with van der Waals surface area (Å²) >= 11 is 0. The van der Waals surface area contributed by atoms with Crippen molar-refractivity contribution in [3.63, 3.8) is 0 Å². The maximum absolute atomic E-state index is 12.2. The average Bonchev–Trinajstić information content (AvgIpc) is 3.04. The van der Waals surface area contributed by atoms with Crippen LogP contribution in [0.1, 0.15) is 5.56 Å². The number of ether oxygens (including phenoxy) is 1. The highest BCUT2D eigenvalue weighted by atomic mass is 16.5. The van der Waals surface area contributed by atoms with Crippen LogP contribution in [0.3, 0.4) is 0 Å². The topological polar surface area (TPSA) is 103 Å². The van der Waals surface area contributed by atoms with E-state index in [9.17, 15) is 14.7 Å². The molecule has 134 valence electrons. The maximum atomic E-state index is 12.2. The Kier molecular flexibility index (Phi) is 5.07. The molecule has 0 bridgehead atoms. The van der Waals surface area contributed by atoms with Crippen LogP contribution in [0.25, 0.3) is 10.9 Å². The summed E-state index contributed by atoms with van der Waals surface area (Å²) in [6, 6.07) is 12.8. The first-order chi connectivity index (χ1) is 12.6. The van der Waals surface area contributed by atoms with Gasteiger partial charge in [-0.05, 0) is 23.8 Å². The molecule has 0 saturated heterocycles. The van der Waals surface area contributed by atoms with Gasteiger partial charge in [-0.15, -0.1) is 0 Å². The van der Waals surface area contributed by atoms with E-state index in [1.54, 1.807) is 30.5 Å². The van der Waals surface area contributed by atoms with Crippen LogP contribution in [-0.2, 0) is 11.2 Å². The van der Waals surface area contributed by atoms with Gasteiger partial charge in [-0.25, -0.2) is 9.59 Å². The standard InChI is InChI=1S/C19H19N3O4/c1-26-17-9-5-4-8-15(17)21-19(25)22-16(18(23)24)10-12-11-20-14-7-3-2-6-13(12)14/h2-9,11,16,20H,10H2,1H3,(H,23,24)(H2,21,22,25). The number of hydrogen-bond acceptors (Lipinski definition) is 3. The van der Waals surface area contributed by atoms with E-state index in [2.05, 4.69) is 15.6 Å². The average molecular weight is 353 g/mol. The van der Waals surface area contributed by atoms with Crippen molar-refractivity contribution >= 4 is 28.6 Å². The molecule has 2 amide bonds. The van der Waals surface area contributed by atoms with Gasteiger partial charge in [-0.3, -0.25) is 0 Å². The lowest BCUT2D eigenvalue weighted by Gasteiger charge is -2.16. The Bertz CT molecular complexity index is 935. The number of fused-ring (bicyclic) bond motifs is 1. The molecule has 4 N–H and O–H groups in total. The Morgan fingerprint density at radius 2 is 1.88 bits per heavy atom. The van der Waals surface area contributed by atoms with Crippen molar-refractivity contribution in [2.75, 3.05) is 12.4 Å². The van der Waals surface area contributed by atoms with E-state index in [4.69, 9.17) is 4.74 Å². The van der Waals surface area contributed by atoms with Crippen LogP contribution in [0.5, 0.6) is 5.75 Å². The van der Waals surface area contributed by atoms with E-state index in [-0.39, 0.29) is 6.42 Å². The number of hydrogen-bond donors (Lipinski definition) is 4. The van der Waals surface area contributed by atoms with Gasteiger partial charge in [0.1, 0.15) is 11.8 Å². The van der Waals surface area contributed by atoms with E-state index in [0.29, 0.717) is 11.4 Å². The minimum Gasteiger partial charge on any atom is -0.495 e. The fourth-order valence-electron chi connectivity index (χ4n) is 2.79. The van der Waals surface area contributed by atoms with Gasteiger partial charge in [0.05, 0.1) is 12.8 Å². The SMILES string of the molecule is COc1ccccc1NC(=O)NC(Cc1c[nH]c2ccccc12)C(=O)O. The lowest BCUT2D eigenvalue weighted by Crippen LogP contribution is -2.44. The van der Waals surface area contributed by atoms with Crippen LogP contribution in [0, 0.1) is 0 Å². The van der Waals surface area contributed by atoms with Crippen LogP contribution >= 0.6 is 0 Å². The zero-order chi connectivity index (χ0) is 18.5. The quantitative estimate of drug-likeness (QED) is 0.547. The molecule has 1 unspecified atom stereocenters. The van der Waals surface area contributed by atoms with E-state index in [1.807, 2.05) is 24.3 Å². The van der Waals surface area contributed by atoms with Gasteiger partial charge in [-0.1, -0.05) is 30.3 Å². The summed E-state index contributed by atoms with van der Waals surface area (Å²) in [6.07, 6.45) is 1.93. The summed E-state index contributed by atoms with van der Waals surface area (Å²) in [6.45, 7) is 0. The summed E-state index contributed by atoms with van der Waals surface area (Å²) < 4.78 is 5.17. The highest BCUT2D eigenvalue weighted by Crippen LogP contribution is 2.23. The second-order valence-electron chi connectivity index (χ2n) is 5.75. The minimum atomic E-state index is -1.11. The number of carbonyl (C=O) groups is 2. The minimum absolute atomic E-state index is 0.165. The zero-order valence-corrected chi connectivity index (χ0v) is 14.2. The number of methoxy groups -OCH3 is 1. The molecule has 0 spiro atoms. The summed E-state index contributed by atoms with van der Waals surface area (Å²) in [7, 11) is 1.50. The molecule has 7 heteroatoms. The number of carbonyl (C=O) groups excluding carboxylic acids is 1. The van der Waals surface area contributed by atoms with Crippen LogP contribution in [0.4, 0.5) is 10.5 Å². The number of aromatic amines is 1. The smallest absolute Gasteiger partial charge is 0.326 e. The van der Waals surface area contributed by atoms with Crippen molar-refractivity contribution in [1.29, 1.82) is 0 Å². The van der Waals surface area contributed by atoms with Crippen molar-refractivity contribution in [1.82, 2.24) is 10.3 Å². The second kappa shape index (κ2) is 7.60. The summed E-state index contributed by atoms with van der Waals surface area (Å²) in [5.74, 6) is -0.614. The summed E-state index contributed by atoms with van der Waals surface area (Å²) in [5.41, 5.74) is 2.21. The van der Waals surface area contributed by atoms with Gasteiger partial charge in [0.15, 0.2) is 0 Å². The monoisotopic (exact) mass is 353 g/mol. The Balaban J connectivity index is 1.72. The predicted octanol–water partition coefficient (Wildman–Crippen LogP) is 2.99. The fraction of sp³-hybridized carbons (Fsp3) is 0.158. The third-order valence-corrected chi connectivity index (χ3v) is 4.06. The maximum Gasteiger partial charge on any atom is 0.326 e. The number of aliphatic carboxylic acids is 1. The molecule has 1 aromatic heterocycles. The van der Waals surface area contributed by atoms with Crippen LogP contribution < -0.4 is 15.4 Å². The number of anilines is 1. The van der Waals surface area contributed by atoms with Crippen LogP contribution in [0.15, 0.2) is 54.7 Å². The van der Waals surface area contributed by atoms with E-state index >= 15 is 0 Å². The Morgan fingerprint density at radius 3 is 2.65 bits per heavy atom. The number of carboxylic acid groups (broad SMARTS) is 1. The summed E-state index contributed by atoms with van der Waals surface area (Å²) in [5, 5.41) is 15.5. The molecule has 2 aromatic carbocycles. The van der Waals surface area contributed by atoms with Gasteiger partial charge < -0.3 is 25.5 Å². The number of H-pyrrole nitrogens is 1. The van der Waals surface area contributed by atoms with Crippen molar-refractivity contribution < 1.29 is 19.4 Å². The van der Waals surface area contributed by atoms with Crippen molar-refractivity contribution in [3.8, 4) is 5.75 Å². The third-order valence-electron chi connectivity index (χ3n) is 4.06. The Morgan fingerprint density at radius 1 is 1.15 bits per heavy atom. The number of urea groups is 1. The number of nitrogens with one attached hydrogen (secondary N) is 3. The molecule has 0 saturated carbocycles. The largest absolute Gasteiger partial charge is 0.495 e. The molecule has 0 radical (unpaired) electrons. The number of carboxylic acids is 1. The third kappa shape index (κ3) is 3.77. The molecule has 0 fully saturated rings. The van der Waals surface area contributed by atoms with Gasteiger partial charge in [0.2, 0.25) is 0 Å². The number of benzene rings is 2. The van der Waals surface area contributed by atoms with Crippen LogP contribution in [0.2, 0.25) is 0 Å². The molecular formula is C19H19N3O4. The van der Waals surface area contributed by atoms with E-state index in [1.165, 1.54) is 7.11 Å². The first-order valence-corrected chi connectivity index (χ1v) is 8.07. The molecule has 3 aromatic rings. The molecule has 3 rings (SSSR count). The van der Waals surface area contributed by atoms with Gasteiger partial charge in [0.25, 0.3) is 0 Å². The fourth-order valence-corrected chi connectivity index (χ4v) is 2.79. The molecule has 0 aliphatic heterocycles. The van der Waals surface area contributed by atoms with Gasteiger partial charge in [-0.2, -0.15) is 0 Å². The molecule has 7 nitrogen and oxygen atoms in total. The lowest BCUT2D eigenvalue weighted by molar-refractivity contribution is -0.139. The van der Waals surface area contributed by atoms with Crippen molar-refractivity contribution in [2.45, 2.75) is 12.5 Å². The normalized spacial score (nSPS) is 11.7. The van der Waals surface area contributed by atoms with Gasteiger partial charge >= 0.3 is 12.0 Å². The first-order valence-electron chi connectivity index (χ1n) is 8.07. The zero-order valence-electron chi connectivity index (χ0n) is 14.2. The summed E-state index contributed by atoms with van der Waals surface area (Å²) in [4.78, 5) is 26.9. The molecular weight excluding hydrogens is 334 g/mol. The predicted molar refractivity (Wildman–Crippen MR) is 98.6 cm³/mol. The molecule has 0 aliphatic carbocycles. The van der Waals surface area contributed by atoms with Crippen molar-refractivity contribution in [3.05, 3.63) is 60.3 Å². The second-order valence-corrected chi connectivity index (χ2v) is 5.75. The first kappa shape index (κ1) is 17.3. The molecule has 1 atom stereocenters. The Labute approximate surface area is 150 Å². The molecule has 1 heterocycles. The molecule has 0 aliphatic rings. The Hall–Kier alpha value is -3.48. The molecule has 26 heavy (non-hydrogen) atoms. The highest BCUT2D eigenvalue weighted by Gasteiger charge is 2.22. The number of aromatic nitrogens is 1. The van der Waals surface area contributed by atoms with Gasteiger partial charge in [0, 0.05) is 23.5 Å². The van der Waals surface area contributed by atoms with Crippen LogP contribution in [-0.4, -0.2) is 35.2 Å². The van der Waals surface area contributed by atoms with E-state index < -0.39 is 18.0 Å². The number of amides is 2.